The zero-order valence-corrected chi connectivity index (χ0v) is 21.3. The molecule has 2 aromatic carbocycles. The molecule has 1 saturated heterocycles. The van der Waals surface area contributed by atoms with Crippen molar-refractivity contribution in [2.45, 2.75) is 32.7 Å². The van der Waals surface area contributed by atoms with Crippen LogP contribution >= 0.6 is 24.0 Å². The van der Waals surface area contributed by atoms with E-state index in [1.807, 2.05) is 54.3 Å². The van der Waals surface area contributed by atoms with Crippen molar-refractivity contribution in [3.63, 3.8) is 0 Å². The highest BCUT2D eigenvalue weighted by Crippen LogP contribution is 2.27. The molecule has 7 nitrogen and oxygen atoms in total. The van der Waals surface area contributed by atoms with Crippen molar-refractivity contribution in [2.24, 2.45) is 4.99 Å². The maximum Gasteiger partial charge on any atom is 0.227 e. The molecule has 2 N–H and O–H groups in total. The number of nitrogens with one attached hydrogen (secondary N) is 2. The molecular weight excluding hydrogens is 519 g/mol. The van der Waals surface area contributed by atoms with Gasteiger partial charge in [-0.2, -0.15) is 0 Å². The fraction of sp³-hybridized carbons (Fsp3) is 0.417. The van der Waals surface area contributed by atoms with Gasteiger partial charge >= 0.3 is 0 Å². The van der Waals surface area contributed by atoms with Gasteiger partial charge < -0.3 is 25.0 Å². The second-order valence-electron chi connectivity index (χ2n) is 7.38. The molecule has 8 heteroatoms. The van der Waals surface area contributed by atoms with E-state index in [1.54, 1.807) is 14.2 Å². The van der Waals surface area contributed by atoms with Gasteiger partial charge in [0.2, 0.25) is 5.91 Å². The summed E-state index contributed by atoms with van der Waals surface area (Å²) in [6.07, 6.45) is 2.42. The number of anilines is 1. The van der Waals surface area contributed by atoms with E-state index in [-0.39, 0.29) is 29.9 Å². The first-order valence-corrected chi connectivity index (χ1v) is 10.8. The van der Waals surface area contributed by atoms with Gasteiger partial charge in [0, 0.05) is 31.7 Å². The Balaban J connectivity index is 0.00000363. The van der Waals surface area contributed by atoms with Crippen LogP contribution in [0.25, 0.3) is 0 Å². The van der Waals surface area contributed by atoms with E-state index in [4.69, 9.17) is 9.47 Å². The van der Waals surface area contributed by atoms with E-state index in [2.05, 4.69) is 15.6 Å². The molecule has 3 rings (SSSR count). The lowest BCUT2D eigenvalue weighted by Gasteiger charge is -2.16. The first-order chi connectivity index (χ1) is 15.1. The number of hydrogen-bond donors (Lipinski definition) is 2. The van der Waals surface area contributed by atoms with E-state index < -0.39 is 0 Å². The SMILES string of the molecule is CCNC(=NCc1ccc(N2CCCC2=O)cc1)NCCc1ccc(OC)c(OC)c1.I. The van der Waals surface area contributed by atoms with Crippen LogP contribution in [0, 0.1) is 0 Å². The molecular formula is C24H33IN4O3. The fourth-order valence-corrected chi connectivity index (χ4v) is 3.58. The van der Waals surface area contributed by atoms with Crippen molar-refractivity contribution in [1.29, 1.82) is 0 Å². The van der Waals surface area contributed by atoms with Gasteiger partial charge in [0.1, 0.15) is 0 Å². The average Bonchev–Trinajstić information content (AvgIpc) is 3.23. The molecule has 1 heterocycles. The van der Waals surface area contributed by atoms with Crippen molar-refractivity contribution >= 4 is 41.5 Å². The Labute approximate surface area is 207 Å². The lowest BCUT2D eigenvalue weighted by molar-refractivity contribution is -0.117. The Hall–Kier alpha value is -2.49. The highest BCUT2D eigenvalue weighted by molar-refractivity contribution is 14.0. The molecule has 0 unspecified atom stereocenters. The normalized spacial score (nSPS) is 13.5. The molecule has 2 aromatic rings. The largest absolute Gasteiger partial charge is 0.493 e. The summed E-state index contributed by atoms with van der Waals surface area (Å²) >= 11 is 0. The highest BCUT2D eigenvalue weighted by Gasteiger charge is 2.21. The summed E-state index contributed by atoms with van der Waals surface area (Å²) in [5, 5.41) is 6.66. The monoisotopic (exact) mass is 552 g/mol. The summed E-state index contributed by atoms with van der Waals surface area (Å²) in [7, 11) is 3.28. The zero-order valence-electron chi connectivity index (χ0n) is 19.0. The van der Waals surface area contributed by atoms with Crippen molar-refractivity contribution < 1.29 is 14.3 Å². The number of aliphatic imine (C=N–C) groups is 1. The van der Waals surface area contributed by atoms with Gasteiger partial charge in [-0.25, -0.2) is 4.99 Å². The van der Waals surface area contributed by atoms with Crippen LogP contribution in [0.2, 0.25) is 0 Å². The smallest absolute Gasteiger partial charge is 0.227 e. The number of rotatable bonds is 9. The molecule has 0 bridgehead atoms. The van der Waals surface area contributed by atoms with Gasteiger partial charge in [-0.15, -0.1) is 24.0 Å². The molecule has 1 aliphatic heterocycles. The van der Waals surface area contributed by atoms with E-state index in [0.717, 1.165) is 66.7 Å². The number of benzene rings is 2. The number of guanidine groups is 1. The zero-order chi connectivity index (χ0) is 22.1. The van der Waals surface area contributed by atoms with E-state index >= 15 is 0 Å². The highest BCUT2D eigenvalue weighted by atomic mass is 127. The second-order valence-corrected chi connectivity index (χ2v) is 7.38. The predicted octanol–water partition coefficient (Wildman–Crippen LogP) is 3.75. The minimum Gasteiger partial charge on any atom is -0.493 e. The molecule has 0 spiro atoms. The van der Waals surface area contributed by atoms with Crippen LogP contribution < -0.4 is 25.0 Å². The van der Waals surface area contributed by atoms with Gasteiger partial charge in [-0.3, -0.25) is 4.79 Å². The summed E-state index contributed by atoms with van der Waals surface area (Å²) in [5.74, 6) is 2.45. The van der Waals surface area contributed by atoms with Crippen molar-refractivity contribution in [3.05, 3.63) is 53.6 Å². The van der Waals surface area contributed by atoms with E-state index in [1.165, 1.54) is 0 Å². The number of amides is 1. The van der Waals surface area contributed by atoms with Crippen LogP contribution in [0.4, 0.5) is 5.69 Å². The number of methoxy groups -OCH3 is 2. The summed E-state index contributed by atoms with van der Waals surface area (Å²) in [6, 6.07) is 14.1. The molecule has 1 fully saturated rings. The molecule has 174 valence electrons. The second kappa shape index (κ2) is 13.1. The van der Waals surface area contributed by atoms with Crippen LogP contribution in [-0.4, -0.2) is 45.7 Å². The topological polar surface area (TPSA) is 75.2 Å². The third-order valence-electron chi connectivity index (χ3n) is 5.24. The third-order valence-corrected chi connectivity index (χ3v) is 5.24. The van der Waals surface area contributed by atoms with Gasteiger partial charge in [-0.1, -0.05) is 18.2 Å². The Kier molecular flexibility index (Phi) is 10.6. The molecule has 0 aromatic heterocycles. The van der Waals surface area contributed by atoms with E-state index in [9.17, 15) is 4.79 Å². The minimum atomic E-state index is 0. The quantitative estimate of drug-likeness (QED) is 0.282. The third kappa shape index (κ3) is 7.01. The van der Waals surface area contributed by atoms with Crippen LogP contribution in [0.5, 0.6) is 11.5 Å². The predicted molar refractivity (Wildman–Crippen MR) is 140 cm³/mol. The fourth-order valence-electron chi connectivity index (χ4n) is 3.58. The standard InChI is InChI=1S/C24H32N4O3.HI/c1-4-25-24(26-14-13-18-9-12-21(30-2)22(16-18)31-3)27-17-19-7-10-20(11-8-19)28-15-5-6-23(28)29;/h7-12,16H,4-6,13-15,17H2,1-3H3,(H2,25,26,27);1H. The number of halogens is 1. The van der Waals surface area contributed by atoms with Crippen LogP contribution in [-0.2, 0) is 17.8 Å². The van der Waals surface area contributed by atoms with Crippen LogP contribution in [0.3, 0.4) is 0 Å². The van der Waals surface area contributed by atoms with E-state index in [0.29, 0.717) is 13.0 Å². The summed E-state index contributed by atoms with van der Waals surface area (Å²) in [4.78, 5) is 18.4. The number of ether oxygens (including phenoxy) is 2. The Morgan fingerprint density at radius 2 is 1.75 bits per heavy atom. The number of hydrogen-bond acceptors (Lipinski definition) is 4. The minimum absolute atomic E-state index is 0. The van der Waals surface area contributed by atoms with Gasteiger partial charge in [0.05, 0.1) is 20.8 Å². The lowest BCUT2D eigenvalue weighted by atomic mass is 10.1. The first kappa shape index (κ1) is 25.8. The van der Waals surface area contributed by atoms with Crippen molar-refractivity contribution in [1.82, 2.24) is 10.6 Å². The van der Waals surface area contributed by atoms with Crippen molar-refractivity contribution in [2.75, 3.05) is 38.8 Å². The average molecular weight is 552 g/mol. The van der Waals surface area contributed by atoms with Gasteiger partial charge in [0.25, 0.3) is 0 Å². The first-order valence-electron chi connectivity index (χ1n) is 10.8. The summed E-state index contributed by atoms with van der Waals surface area (Å²) < 4.78 is 10.7. The number of carbonyl (C=O) groups excluding carboxylic acids is 1. The summed E-state index contributed by atoms with van der Waals surface area (Å²) in [5.41, 5.74) is 3.23. The molecule has 1 amide bonds. The molecule has 32 heavy (non-hydrogen) atoms. The maximum absolute atomic E-state index is 11.9. The lowest BCUT2D eigenvalue weighted by Crippen LogP contribution is -2.38. The molecule has 0 aliphatic carbocycles. The Bertz CT molecular complexity index is 903. The number of carbonyl (C=O) groups is 1. The van der Waals surface area contributed by atoms with Crippen molar-refractivity contribution in [3.8, 4) is 11.5 Å². The van der Waals surface area contributed by atoms with Crippen LogP contribution in [0.15, 0.2) is 47.5 Å². The molecule has 0 radical (unpaired) electrons. The molecule has 0 saturated carbocycles. The Morgan fingerprint density at radius 3 is 2.38 bits per heavy atom. The molecule has 1 aliphatic rings. The number of nitrogens with zero attached hydrogens (tertiary/aromatic N) is 2. The molecule has 0 atom stereocenters. The van der Waals surface area contributed by atoms with Gasteiger partial charge in [-0.05, 0) is 55.2 Å². The summed E-state index contributed by atoms with van der Waals surface area (Å²) in [6.45, 7) is 4.97. The van der Waals surface area contributed by atoms with Gasteiger partial charge in [0.15, 0.2) is 17.5 Å². The van der Waals surface area contributed by atoms with Crippen LogP contribution in [0.1, 0.15) is 30.9 Å². The maximum atomic E-state index is 11.9. The Morgan fingerprint density at radius 1 is 1.03 bits per heavy atom.